The summed E-state index contributed by atoms with van der Waals surface area (Å²) in [5, 5.41) is 15.1. The number of aryl methyl sites for hydroxylation is 1. The third-order valence-corrected chi connectivity index (χ3v) is 7.59. The molecular formula is C28H23N3O8S. The smallest absolute Gasteiger partial charge is 0.328 e. The zero-order valence-corrected chi connectivity index (χ0v) is 21.8. The van der Waals surface area contributed by atoms with Crippen molar-refractivity contribution in [2.24, 2.45) is 17.9 Å². The molecule has 3 aromatic carbocycles. The van der Waals surface area contributed by atoms with Crippen LogP contribution in [0.5, 0.6) is 11.5 Å². The first-order valence-electron chi connectivity index (χ1n) is 11.8. The highest BCUT2D eigenvalue weighted by molar-refractivity contribution is 7.89. The van der Waals surface area contributed by atoms with Crippen LogP contribution in [0.2, 0.25) is 0 Å². The van der Waals surface area contributed by atoms with Crippen molar-refractivity contribution >= 4 is 44.7 Å². The number of hydrogen-bond donors (Lipinski definition) is 3. The minimum Gasteiger partial charge on any atom is -0.478 e. The second kappa shape index (κ2) is 9.98. The van der Waals surface area contributed by atoms with Crippen molar-refractivity contribution in [2.75, 3.05) is 6.79 Å². The summed E-state index contributed by atoms with van der Waals surface area (Å²) in [4.78, 5) is 36.6. The first-order chi connectivity index (χ1) is 18.9. The number of amides is 1. The number of carboxylic acids is 1. The van der Waals surface area contributed by atoms with E-state index >= 15 is 0 Å². The highest BCUT2D eigenvalue weighted by Crippen LogP contribution is 2.40. The van der Waals surface area contributed by atoms with Gasteiger partial charge >= 0.3 is 5.97 Å². The fourth-order valence-corrected chi connectivity index (χ4v) is 5.52. The van der Waals surface area contributed by atoms with Gasteiger partial charge in [0, 0.05) is 41.4 Å². The number of primary amides is 1. The van der Waals surface area contributed by atoms with Gasteiger partial charge in [0.25, 0.3) is 0 Å². The lowest BCUT2D eigenvalue weighted by Gasteiger charge is -2.18. The van der Waals surface area contributed by atoms with E-state index in [9.17, 15) is 22.8 Å². The number of rotatable bonds is 8. The Kier molecular flexibility index (Phi) is 6.65. The summed E-state index contributed by atoms with van der Waals surface area (Å²) in [5.41, 5.74) is 7.61. The van der Waals surface area contributed by atoms with Crippen molar-refractivity contribution < 1.29 is 37.4 Å². The van der Waals surface area contributed by atoms with Gasteiger partial charge in [0.05, 0.1) is 10.8 Å². The number of primary sulfonamides is 1. The van der Waals surface area contributed by atoms with Crippen LogP contribution in [0.1, 0.15) is 43.3 Å². The number of nitrogens with zero attached hydrogens (tertiary/aromatic N) is 1. The Morgan fingerprint density at radius 2 is 1.73 bits per heavy atom. The average molecular weight is 562 g/mol. The number of ketones is 1. The number of Topliss-reactive ketones (excluding diaryl/α,β-unsaturated/α-hetero) is 1. The summed E-state index contributed by atoms with van der Waals surface area (Å²) in [6.45, 7) is 0.0323. The first kappa shape index (κ1) is 26.7. The van der Waals surface area contributed by atoms with Crippen LogP contribution in [0.15, 0.2) is 71.8 Å². The number of benzene rings is 3. The van der Waals surface area contributed by atoms with Crippen LogP contribution in [0, 0.1) is 0 Å². The SMILES string of the molecule is Cn1cc(C(C(=O)c2ccc(C=CC(=O)O)c(S(N)(=O)=O)c2)c2ccc3c(c2)OCO3)c2ccc(C(N)=O)cc21. The highest BCUT2D eigenvalue weighted by atomic mass is 32.2. The zero-order valence-electron chi connectivity index (χ0n) is 21.0. The van der Waals surface area contributed by atoms with Crippen molar-refractivity contribution in [1.82, 2.24) is 4.57 Å². The summed E-state index contributed by atoms with van der Waals surface area (Å²) >= 11 is 0. The molecule has 0 spiro atoms. The molecule has 204 valence electrons. The number of fused-ring (bicyclic) bond motifs is 2. The second-order valence-electron chi connectivity index (χ2n) is 9.17. The first-order valence-corrected chi connectivity index (χ1v) is 13.4. The molecule has 40 heavy (non-hydrogen) atoms. The molecule has 4 aromatic rings. The van der Waals surface area contributed by atoms with Gasteiger partial charge in [0.1, 0.15) is 0 Å². The van der Waals surface area contributed by atoms with Gasteiger partial charge in [0.15, 0.2) is 17.3 Å². The van der Waals surface area contributed by atoms with E-state index in [2.05, 4.69) is 0 Å². The predicted molar refractivity (Wildman–Crippen MR) is 145 cm³/mol. The summed E-state index contributed by atoms with van der Waals surface area (Å²) in [6, 6.07) is 13.9. The number of ether oxygens (including phenoxy) is 2. The highest BCUT2D eigenvalue weighted by Gasteiger charge is 2.30. The maximum absolute atomic E-state index is 14.2. The summed E-state index contributed by atoms with van der Waals surface area (Å²) in [6.07, 6.45) is 3.62. The lowest BCUT2D eigenvalue weighted by molar-refractivity contribution is -0.131. The van der Waals surface area contributed by atoms with Crippen LogP contribution in [0.4, 0.5) is 0 Å². The molecule has 5 rings (SSSR count). The quantitative estimate of drug-likeness (QED) is 0.217. The third kappa shape index (κ3) is 4.93. The normalized spacial score (nSPS) is 13.6. The van der Waals surface area contributed by atoms with Crippen molar-refractivity contribution in [1.29, 1.82) is 0 Å². The lowest BCUT2D eigenvalue weighted by atomic mass is 9.84. The van der Waals surface area contributed by atoms with Crippen LogP contribution >= 0.6 is 0 Å². The molecular weight excluding hydrogens is 538 g/mol. The Morgan fingerprint density at radius 3 is 2.42 bits per heavy atom. The molecule has 2 heterocycles. The molecule has 5 N–H and O–H groups in total. The molecule has 1 unspecified atom stereocenters. The molecule has 0 fully saturated rings. The van der Waals surface area contributed by atoms with Crippen LogP contribution in [-0.4, -0.2) is 42.5 Å². The summed E-state index contributed by atoms with van der Waals surface area (Å²) in [7, 11) is -2.56. The standard InChI is InChI=1S/C28H23N3O8S/c1-31-13-20(19-7-4-18(28(29)35)10-21(19)31)26(16-5-8-22-23(11-16)39-14-38-22)27(34)17-3-2-15(6-9-25(32)33)24(12-17)40(30,36)37/h2-13,26H,14H2,1H3,(H2,29,35)(H,32,33)(H2,30,36,37). The van der Waals surface area contributed by atoms with Gasteiger partial charge in [0.2, 0.25) is 22.7 Å². The number of carbonyl (C=O) groups is 3. The van der Waals surface area contributed by atoms with Crippen molar-refractivity contribution in [3.63, 3.8) is 0 Å². The molecule has 1 aliphatic heterocycles. The summed E-state index contributed by atoms with van der Waals surface area (Å²) < 4.78 is 37.5. The maximum Gasteiger partial charge on any atom is 0.328 e. The molecule has 11 nitrogen and oxygen atoms in total. The Balaban J connectivity index is 1.71. The number of hydrogen-bond acceptors (Lipinski definition) is 7. The van der Waals surface area contributed by atoms with Gasteiger partial charge in [-0.1, -0.05) is 24.3 Å². The number of sulfonamides is 1. The zero-order chi connectivity index (χ0) is 28.8. The largest absolute Gasteiger partial charge is 0.478 e. The molecule has 1 aliphatic rings. The van der Waals surface area contributed by atoms with E-state index in [4.69, 9.17) is 25.5 Å². The Hall–Kier alpha value is -4.94. The Morgan fingerprint density at radius 1 is 1.00 bits per heavy atom. The van der Waals surface area contributed by atoms with E-state index in [1.165, 1.54) is 12.1 Å². The number of aromatic nitrogens is 1. The van der Waals surface area contributed by atoms with Gasteiger partial charge < -0.3 is 24.9 Å². The van der Waals surface area contributed by atoms with E-state index in [1.807, 2.05) is 0 Å². The van der Waals surface area contributed by atoms with Gasteiger partial charge in [-0.05, 0) is 53.1 Å². The van der Waals surface area contributed by atoms with Crippen LogP contribution in [-0.2, 0) is 21.9 Å². The third-order valence-electron chi connectivity index (χ3n) is 6.62. The van der Waals surface area contributed by atoms with Crippen LogP contribution < -0.4 is 20.3 Å². The fourth-order valence-electron chi connectivity index (χ4n) is 4.76. The summed E-state index contributed by atoms with van der Waals surface area (Å²) in [5.74, 6) is -2.30. The second-order valence-corrected chi connectivity index (χ2v) is 10.7. The van der Waals surface area contributed by atoms with E-state index in [-0.39, 0.29) is 17.9 Å². The van der Waals surface area contributed by atoms with Gasteiger partial charge in [-0.15, -0.1) is 0 Å². The van der Waals surface area contributed by atoms with E-state index in [1.54, 1.807) is 54.2 Å². The number of nitrogens with two attached hydrogens (primary N) is 2. The van der Waals surface area contributed by atoms with Gasteiger partial charge in [-0.2, -0.15) is 0 Å². The van der Waals surface area contributed by atoms with E-state index in [0.717, 1.165) is 18.2 Å². The predicted octanol–water partition coefficient (Wildman–Crippen LogP) is 2.77. The van der Waals surface area contributed by atoms with E-state index in [0.29, 0.717) is 39.1 Å². The molecule has 1 amide bonds. The van der Waals surface area contributed by atoms with Crippen LogP contribution in [0.3, 0.4) is 0 Å². The van der Waals surface area contributed by atoms with E-state index < -0.39 is 38.5 Å². The molecule has 0 aliphatic carbocycles. The Labute approximate surface area is 228 Å². The number of carbonyl (C=O) groups excluding carboxylic acids is 2. The van der Waals surface area contributed by atoms with Crippen molar-refractivity contribution in [3.8, 4) is 11.5 Å². The monoisotopic (exact) mass is 561 g/mol. The molecule has 12 heteroatoms. The Bertz CT molecular complexity index is 1860. The fraction of sp³-hybridized carbons (Fsp3) is 0.107. The average Bonchev–Trinajstić information content (AvgIpc) is 3.50. The molecule has 1 aromatic heterocycles. The molecule has 0 bridgehead atoms. The minimum absolute atomic E-state index is 0.0187. The lowest BCUT2D eigenvalue weighted by Crippen LogP contribution is -2.18. The maximum atomic E-state index is 14.2. The number of aliphatic carboxylic acids is 1. The van der Waals surface area contributed by atoms with Crippen molar-refractivity contribution in [2.45, 2.75) is 10.8 Å². The van der Waals surface area contributed by atoms with Crippen LogP contribution in [0.25, 0.3) is 17.0 Å². The van der Waals surface area contributed by atoms with Gasteiger partial charge in [-0.25, -0.2) is 18.4 Å². The van der Waals surface area contributed by atoms with Crippen molar-refractivity contribution in [3.05, 3.63) is 94.7 Å². The number of carboxylic acid groups (broad SMARTS) is 1. The molecule has 1 atom stereocenters. The topological polar surface area (TPSA) is 181 Å². The molecule has 0 saturated heterocycles. The molecule has 0 saturated carbocycles. The minimum atomic E-state index is -4.32. The van der Waals surface area contributed by atoms with Gasteiger partial charge in [-0.3, -0.25) is 9.59 Å². The molecule has 0 radical (unpaired) electrons.